The molecule has 1 aliphatic heterocycles. The third kappa shape index (κ3) is 3.83. The van der Waals surface area contributed by atoms with Crippen LogP contribution in [0.4, 0.5) is 5.69 Å². The Hall–Kier alpha value is -3.19. The average Bonchev–Trinajstić information content (AvgIpc) is 2.94. The van der Waals surface area contributed by atoms with Gasteiger partial charge >= 0.3 is 0 Å². The van der Waals surface area contributed by atoms with E-state index in [0.717, 1.165) is 23.2 Å². The predicted octanol–water partition coefficient (Wildman–Crippen LogP) is 4.39. The molecule has 1 heterocycles. The van der Waals surface area contributed by atoms with E-state index in [1.807, 2.05) is 60.4 Å². The van der Waals surface area contributed by atoms with Crippen molar-refractivity contribution in [1.29, 1.82) is 0 Å². The van der Waals surface area contributed by atoms with Crippen molar-refractivity contribution in [2.24, 2.45) is 0 Å². The summed E-state index contributed by atoms with van der Waals surface area (Å²) in [4.78, 5) is 14.8. The highest BCUT2D eigenvalue weighted by molar-refractivity contribution is 6.35. The summed E-state index contributed by atoms with van der Waals surface area (Å²) in [6.07, 6.45) is 8.08. The molecule has 4 nitrogen and oxygen atoms in total. The Bertz CT molecular complexity index is 908. The number of terminal acetylenes is 1. The molecule has 2 aromatic rings. The first kappa shape index (κ1) is 18.6. The van der Waals surface area contributed by atoms with E-state index < -0.39 is 0 Å². The Morgan fingerprint density at radius 1 is 1.11 bits per heavy atom. The number of amides is 1. The van der Waals surface area contributed by atoms with Crippen LogP contribution in [0.25, 0.3) is 11.6 Å². The maximum Gasteiger partial charge on any atom is 0.258 e. The van der Waals surface area contributed by atoms with Crippen LogP contribution in [0.3, 0.4) is 0 Å². The van der Waals surface area contributed by atoms with Gasteiger partial charge in [0.25, 0.3) is 5.91 Å². The van der Waals surface area contributed by atoms with E-state index in [-0.39, 0.29) is 12.5 Å². The van der Waals surface area contributed by atoms with Crippen molar-refractivity contribution in [1.82, 2.24) is 0 Å². The van der Waals surface area contributed by atoms with E-state index in [1.54, 1.807) is 0 Å². The minimum atomic E-state index is 0.0312. The smallest absolute Gasteiger partial charge is 0.258 e. The normalized spacial score (nSPS) is 14.2. The Balaban J connectivity index is 2.00. The highest BCUT2D eigenvalue weighted by atomic mass is 16.5. The molecule has 27 heavy (non-hydrogen) atoms. The SMILES string of the molecule is C#CCOc1ccc(/C=C2\C(=O)N(CCC)c3ccccc32)cc1OCC. The summed E-state index contributed by atoms with van der Waals surface area (Å²) >= 11 is 0. The summed E-state index contributed by atoms with van der Waals surface area (Å²) in [5.74, 6) is 3.70. The number of ether oxygens (including phenoxy) is 2. The number of hydrogen-bond donors (Lipinski definition) is 0. The monoisotopic (exact) mass is 361 g/mol. The quantitative estimate of drug-likeness (QED) is 0.542. The molecule has 0 atom stereocenters. The molecule has 0 N–H and O–H groups in total. The number of carbonyl (C=O) groups is 1. The summed E-state index contributed by atoms with van der Waals surface area (Å²) in [5.41, 5.74) is 3.50. The van der Waals surface area contributed by atoms with E-state index in [0.29, 0.717) is 30.2 Å². The van der Waals surface area contributed by atoms with Crippen molar-refractivity contribution in [2.75, 3.05) is 24.7 Å². The van der Waals surface area contributed by atoms with E-state index in [2.05, 4.69) is 12.8 Å². The molecule has 1 aliphatic rings. The van der Waals surface area contributed by atoms with Crippen LogP contribution >= 0.6 is 0 Å². The van der Waals surface area contributed by atoms with Crippen LogP contribution in [-0.2, 0) is 4.79 Å². The molecule has 2 aromatic carbocycles. The van der Waals surface area contributed by atoms with Crippen LogP contribution in [0.5, 0.6) is 11.5 Å². The number of benzene rings is 2. The summed E-state index contributed by atoms with van der Waals surface area (Å²) < 4.78 is 11.2. The fraction of sp³-hybridized carbons (Fsp3) is 0.261. The van der Waals surface area contributed by atoms with Crippen molar-refractivity contribution in [3.05, 3.63) is 53.6 Å². The standard InChI is InChI=1S/C23H23NO3/c1-4-13-24-20-10-8-7-9-18(20)19(23(24)25)15-17-11-12-21(27-14-5-2)22(16-17)26-6-3/h2,7-12,15-16H,4,6,13-14H2,1,3H3/b19-15-. The summed E-state index contributed by atoms with van der Waals surface area (Å²) in [7, 11) is 0. The van der Waals surface area contributed by atoms with Gasteiger partial charge in [-0.25, -0.2) is 0 Å². The Morgan fingerprint density at radius 3 is 2.67 bits per heavy atom. The minimum absolute atomic E-state index is 0.0312. The second-order valence-corrected chi connectivity index (χ2v) is 6.16. The zero-order valence-electron chi connectivity index (χ0n) is 15.7. The zero-order chi connectivity index (χ0) is 19.2. The molecule has 138 valence electrons. The van der Waals surface area contributed by atoms with E-state index in [4.69, 9.17) is 15.9 Å². The maximum absolute atomic E-state index is 13.0. The van der Waals surface area contributed by atoms with Crippen molar-refractivity contribution in [2.45, 2.75) is 20.3 Å². The molecule has 0 spiro atoms. The molecular weight excluding hydrogens is 338 g/mol. The number of anilines is 1. The Labute approximate surface area is 160 Å². The van der Waals surface area contributed by atoms with Crippen molar-refractivity contribution in [3.8, 4) is 23.8 Å². The molecule has 1 amide bonds. The van der Waals surface area contributed by atoms with E-state index >= 15 is 0 Å². The molecule has 0 aromatic heterocycles. The molecule has 0 saturated carbocycles. The van der Waals surface area contributed by atoms with Gasteiger partial charge in [-0.15, -0.1) is 6.42 Å². The lowest BCUT2D eigenvalue weighted by molar-refractivity contribution is -0.113. The van der Waals surface area contributed by atoms with Gasteiger partial charge in [-0.2, -0.15) is 0 Å². The highest BCUT2D eigenvalue weighted by Crippen LogP contribution is 2.38. The number of nitrogens with zero attached hydrogens (tertiary/aromatic N) is 1. The maximum atomic E-state index is 13.0. The number of fused-ring (bicyclic) bond motifs is 1. The third-order valence-electron chi connectivity index (χ3n) is 4.30. The second-order valence-electron chi connectivity index (χ2n) is 6.16. The summed E-state index contributed by atoms with van der Waals surface area (Å²) in [6.45, 7) is 5.38. The highest BCUT2D eigenvalue weighted by Gasteiger charge is 2.31. The van der Waals surface area contributed by atoms with E-state index in [9.17, 15) is 4.79 Å². The molecule has 0 fully saturated rings. The van der Waals surface area contributed by atoms with Crippen LogP contribution in [0.15, 0.2) is 42.5 Å². The Kier molecular flexibility index (Phi) is 5.83. The minimum Gasteiger partial charge on any atom is -0.490 e. The van der Waals surface area contributed by atoms with Gasteiger partial charge in [0.1, 0.15) is 6.61 Å². The lowest BCUT2D eigenvalue weighted by Crippen LogP contribution is -2.26. The largest absolute Gasteiger partial charge is 0.490 e. The average molecular weight is 361 g/mol. The van der Waals surface area contributed by atoms with Crippen molar-refractivity contribution in [3.63, 3.8) is 0 Å². The lowest BCUT2D eigenvalue weighted by Gasteiger charge is -2.15. The molecule has 0 radical (unpaired) electrons. The number of rotatable bonds is 7. The topological polar surface area (TPSA) is 38.8 Å². The zero-order valence-corrected chi connectivity index (χ0v) is 15.7. The van der Waals surface area contributed by atoms with Gasteiger partial charge in [-0.05, 0) is 43.2 Å². The predicted molar refractivity (Wildman–Crippen MR) is 109 cm³/mol. The molecule has 0 bridgehead atoms. The first-order valence-corrected chi connectivity index (χ1v) is 9.15. The molecular formula is C23H23NO3. The molecule has 0 aliphatic carbocycles. The summed E-state index contributed by atoms with van der Waals surface area (Å²) in [5, 5.41) is 0. The molecule has 3 rings (SSSR count). The van der Waals surface area contributed by atoms with Crippen LogP contribution in [-0.4, -0.2) is 25.7 Å². The molecule has 4 heteroatoms. The lowest BCUT2D eigenvalue weighted by atomic mass is 10.0. The fourth-order valence-electron chi connectivity index (χ4n) is 3.18. The van der Waals surface area contributed by atoms with Gasteiger partial charge in [-0.3, -0.25) is 4.79 Å². The van der Waals surface area contributed by atoms with Crippen LogP contribution < -0.4 is 14.4 Å². The van der Waals surface area contributed by atoms with Crippen molar-refractivity contribution < 1.29 is 14.3 Å². The second kappa shape index (κ2) is 8.46. The number of hydrogen-bond acceptors (Lipinski definition) is 3. The fourth-order valence-corrected chi connectivity index (χ4v) is 3.18. The van der Waals surface area contributed by atoms with E-state index in [1.165, 1.54) is 0 Å². The Morgan fingerprint density at radius 2 is 1.93 bits per heavy atom. The first-order chi connectivity index (χ1) is 13.2. The van der Waals surface area contributed by atoms with Gasteiger partial charge < -0.3 is 14.4 Å². The number of carbonyl (C=O) groups excluding carboxylic acids is 1. The third-order valence-corrected chi connectivity index (χ3v) is 4.30. The molecule has 0 saturated heterocycles. The summed E-state index contributed by atoms with van der Waals surface area (Å²) in [6, 6.07) is 13.5. The molecule has 0 unspecified atom stereocenters. The van der Waals surface area contributed by atoms with Crippen LogP contribution in [0.2, 0.25) is 0 Å². The van der Waals surface area contributed by atoms with Gasteiger partial charge in [0, 0.05) is 17.7 Å². The van der Waals surface area contributed by atoms with Gasteiger partial charge in [0.15, 0.2) is 11.5 Å². The first-order valence-electron chi connectivity index (χ1n) is 9.15. The van der Waals surface area contributed by atoms with Gasteiger partial charge in [-0.1, -0.05) is 37.1 Å². The van der Waals surface area contributed by atoms with Crippen molar-refractivity contribution >= 4 is 23.2 Å². The van der Waals surface area contributed by atoms with Gasteiger partial charge in [0.05, 0.1) is 12.3 Å². The number of para-hydroxylation sites is 1. The van der Waals surface area contributed by atoms with Crippen LogP contribution in [0, 0.1) is 12.3 Å². The van der Waals surface area contributed by atoms with Crippen LogP contribution in [0.1, 0.15) is 31.4 Å². The van der Waals surface area contributed by atoms with Gasteiger partial charge in [0.2, 0.25) is 0 Å².